The Bertz CT molecular complexity index is 392. The molecule has 80 valence electrons. The fourth-order valence-corrected chi connectivity index (χ4v) is 1.83. The van der Waals surface area contributed by atoms with Crippen LogP contribution in [0.5, 0.6) is 0 Å². The third kappa shape index (κ3) is 2.12. The predicted molar refractivity (Wildman–Crippen MR) is 53.5 cm³/mol. The summed E-state index contributed by atoms with van der Waals surface area (Å²) < 4.78 is 0. The van der Waals surface area contributed by atoms with Gasteiger partial charge >= 0.3 is 5.97 Å². The zero-order valence-corrected chi connectivity index (χ0v) is 8.53. The average Bonchev–Trinajstić information content (AvgIpc) is 2.18. The van der Waals surface area contributed by atoms with Crippen LogP contribution in [-0.2, 0) is 11.2 Å². The Labute approximate surface area is 87.6 Å². The number of nitrogens with zero attached hydrogens (tertiary/aromatic N) is 2. The Balaban J connectivity index is 2.32. The maximum atomic E-state index is 10.7. The van der Waals surface area contributed by atoms with E-state index in [-0.39, 0.29) is 12.5 Å². The van der Waals surface area contributed by atoms with Crippen molar-refractivity contribution < 1.29 is 9.90 Å². The van der Waals surface area contributed by atoms with Crippen molar-refractivity contribution in [1.29, 1.82) is 0 Å². The average molecular weight is 207 g/mol. The molecule has 2 heterocycles. The lowest BCUT2D eigenvalue weighted by Gasteiger charge is -2.24. The van der Waals surface area contributed by atoms with Crippen molar-refractivity contribution >= 4 is 5.97 Å². The van der Waals surface area contributed by atoms with Crippen LogP contribution in [-0.4, -0.2) is 27.6 Å². The fourth-order valence-electron chi connectivity index (χ4n) is 1.83. The van der Waals surface area contributed by atoms with E-state index in [9.17, 15) is 4.79 Å². The molecule has 1 aliphatic heterocycles. The highest BCUT2D eigenvalue weighted by atomic mass is 16.4. The van der Waals surface area contributed by atoms with Crippen LogP contribution in [0.2, 0.25) is 0 Å². The second kappa shape index (κ2) is 3.94. The van der Waals surface area contributed by atoms with E-state index in [1.165, 1.54) is 0 Å². The van der Waals surface area contributed by atoms with Crippen molar-refractivity contribution in [3.8, 4) is 0 Å². The van der Waals surface area contributed by atoms with E-state index in [4.69, 9.17) is 5.11 Å². The molecule has 15 heavy (non-hydrogen) atoms. The molecule has 1 atom stereocenters. The Morgan fingerprint density at radius 3 is 3.27 bits per heavy atom. The van der Waals surface area contributed by atoms with Crippen LogP contribution in [0.4, 0.5) is 0 Å². The summed E-state index contributed by atoms with van der Waals surface area (Å²) in [4.78, 5) is 19.1. The Morgan fingerprint density at radius 1 is 1.73 bits per heavy atom. The number of hydrogen-bond acceptors (Lipinski definition) is 4. The number of carbonyl (C=O) groups is 1. The molecule has 0 spiro atoms. The predicted octanol–water partition coefficient (Wildman–Crippen LogP) is 0.447. The lowest BCUT2D eigenvalue weighted by Crippen LogP contribution is -2.32. The van der Waals surface area contributed by atoms with Gasteiger partial charge in [-0.2, -0.15) is 0 Å². The largest absolute Gasteiger partial charge is 0.481 e. The molecule has 2 N–H and O–H groups in total. The molecule has 0 amide bonds. The molecule has 0 fully saturated rings. The lowest BCUT2D eigenvalue weighted by molar-refractivity contribution is -0.137. The van der Waals surface area contributed by atoms with Gasteiger partial charge in [-0.05, 0) is 25.5 Å². The van der Waals surface area contributed by atoms with E-state index in [1.807, 2.05) is 6.92 Å². The number of rotatable bonds is 2. The molecule has 5 nitrogen and oxygen atoms in total. The molecule has 2 rings (SSSR count). The molecule has 5 heteroatoms. The smallest absolute Gasteiger partial charge is 0.305 e. The first kappa shape index (κ1) is 10.0. The first-order valence-electron chi connectivity index (χ1n) is 4.94. The van der Waals surface area contributed by atoms with Crippen molar-refractivity contribution in [2.75, 3.05) is 6.54 Å². The number of hydrogen-bond donors (Lipinski definition) is 2. The molecule has 1 aromatic heterocycles. The molecular formula is C10H13N3O2. The number of carboxylic acids is 1. The molecule has 0 saturated heterocycles. The van der Waals surface area contributed by atoms with Gasteiger partial charge in [-0.1, -0.05) is 0 Å². The summed E-state index contributed by atoms with van der Waals surface area (Å²) >= 11 is 0. The molecule has 0 radical (unpaired) electrons. The van der Waals surface area contributed by atoms with Crippen LogP contribution in [0.25, 0.3) is 0 Å². The summed E-state index contributed by atoms with van der Waals surface area (Å²) in [6.07, 6.45) is 2.74. The van der Waals surface area contributed by atoms with Gasteiger partial charge in [-0.15, -0.1) is 0 Å². The monoisotopic (exact) mass is 207 g/mol. The van der Waals surface area contributed by atoms with Crippen molar-refractivity contribution in [1.82, 2.24) is 15.3 Å². The highest BCUT2D eigenvalue weighted by Gasteiger charge is 2.23. The summed E-state index contributed by atoms with van der Waals surface area (Å²) in [6.45, 7) is 2.60. The molecule has 0 bridgehead atoms. The molecule has 0 aromatic carbocycles. The molecule has 0 saturated carbocycles. The van der Waals surface area contributed by atoms with Gasteiger partial charge in [0.15, 0.2) is 0 Å². The summed E-state index contributed by atoms with van der Waals surface area (Å²) in [5.41, 5.74) is 1.90. The normalized spacial score (nSPS) is 19.7. The van der Waals surface area contributed by atoms with Crippen LogP contribution in [0, 0.1) is 6.92 Å². The maximum Gasteiger partial charge on any atom is 0.305 e. The van der Waals surface area contributed by atoms with Crippen molar-refractivity contribution in [2.24, 2.45) is 0 Å². The van der Waals surface area contributed by atoms with Crippen LogP contribution in [0.3, 0.4) is 0 Å². The van der Waals surface area contributed by atoms with Crippen LogP contribution in [0.15, 0.2) is 6.20 Å². The van der Waals surface area contributed by atoms with E-state index in [0.29, 0.717) is 5.82 Å². The van der Waals surface area contributed by atoms with E-state index >= 15 is 0 Å². The van der Waals surface area contributed by atoms with Crippen molar-refractivity contribution in [3.05, 3.63) is 23.3 Å². The summed E-state index contributed by atoms with van der Waals surface area (Å²) in [7, 11) is 0. The van der Waals surface area contributed by atoms with E-state index in [2.05, 4.69) is 15.3 Å². The standard InChI is InChI=1S/C10H13N3O2/c1-6-12-5-7-2-3-11-8(4-9(14)15)10(7)13-6/h5,8,11H,2-4H2,1H3,(H,14,15). The summed E-state index contributed by atoms with van der Waals surface area (Å²) in [5.74, 6) is -0.121. The lowest BCUT2D eigenvalue weighted by atomic mass is 9.99. The highest BCUT2D eigenvalue weighted by Crippen LogP contribution is 2.22. The van der Waals surface area contributed by atoms with Gasteiger partial charge in [0.05, 0.1) is 18.2 Å². The van der Waals surface area contributed by atoms with Gasteiger partial charge in [0, 0.05) is 6.20 Å². The topological polar surface area (TPSA) is 75.1 Å². The van der Waals surface area contributed by atoms with Crippen LogP contribution < -0.4 is 5.32 Å². The van der Waals surface area contributed by atoms with E-state index in [1.54, 1.807) is 6.20 Å². The van der Waals surface area contributed by atoms with Gasteiger partial charge in [0.2, 0.25) is 0 Å². The van der Waals surface area contributed by atoms with E-state index < -0.39 is 5.97 Å². The number of nitrogens with one attached hydrogen (secondary N) is 1. The quantitative estimate of drug-likeness (QED) is 0.736. The zero-order chi connectivity index (χ0) is 10.8. The van der Waals surface area contributed by atoms with Gasteiger partial charge in [0.1, 0.15) is 5.82 Å². The minimum atomic E-state index is -0.809. The number of aliphatic carboxylic acids is 1. The highest BCUT2D eigenvalue weighted by molar-refractivity contribution is 5.68. The van der Waals surface area contributed by atoms with E-state index in [0.717, 1.165) is 24.2 Å². The summed E-state index contributed by atoms with van der Waals surface area (Å²) in [5, 5.41) is 11.9. The zero-order valence-electron chi connectivity index (χ0n) is 8.53. The minimum absolute atomic E-state index is 0.0729. The van der Waals surface area contributed by atoms with Crippen LogP contribution in [0.1, 0.15) is 29.5 Å². The first-order chi connectivity index (χ1) is 7.16. The van der Waals surface area contributed by atoms with Gasteiger partial charge in [-0.3, -0.25) is 4.79 Å². The summed E-state index contributed by atoms with van der Waals surface area (Å²) in [6, 6.07) is -0.173. The molecule has 1 unspecified atom stereocenters. The van der Waals surface area contributed by atoms with Gasteiger partial charge in [0.25, 0.3) is 0 Å². The van der Waals surface area contributed by atoms with Crippen LogP contribution >= 0.6 is 0 Å². The molecule has 1 aliphatic rings. The second-order valence-corrected chi connectivity index (χ2v) is 3.68. The number of aryl methyl sites for hydroxylation is 1. The third-order valence-corrected chi connectivity index (χ3v) is 2.51. The Kier molecular flexibility index (Phi) is 2.64. The number of carboxylic acid groups (broad SMARTS) is 1. The first-order valence-corrected chi connectivity index (χ1v) is 4.94. The number of fused-ring (bicyclic) bond motifs is 1. The molecule has 1 aromatic rings. The Hall–Kier alpha value is -1.49. The van der Waals surface area contributed by atoms with Crippen molar-refractivity contribution in [2.45, 2.75) is 25.8 Å². The van der Waals surface area contributed by atoms with Gasteiger partial charge in [-0.25, -0.2) is 9.97 Å². The SMILES string of the molecule is Cc1ncc2c(n1)C(CC(=O)O)NCC2. The van der Waals surface area contributed by atoms with Gasteiger partial charge < -0.3 is 10.4 Å². The fraction of sp³-hybridized carbons (Fsp3) is 0.500. The minimum Gasteiger partial charge on any atom is -0.481 e. The third-order valence-electron chi connectivity index (χ3n) is 2.51. The second-order valence-electron chi connectivity index (χ2n) is 3.68. The molecule has 0 aliphatic carbocycles. The molecular weight excluding hydrogens is 194 g/mol. The van der Waals surface area contributed by atoms with Crippen molar-refractivity contribution in [3.63, 3.8) is 0 Å². The maximum absolute atomic E-state index is 10.7. The Morgan fingerprint density at radius 2 is 2.53 bits per heavy atom. The number of aromatic nitrogens is 2.